The molecular weight excluding hydrogens is 362 g/mol. The van der Waals surface area contributed by atoms with E-state index in [4.69, 9.17) is 9.47 Å². The number of rotatable bonds is 7. The van der Waals surface area contributed by atoms with Crippen LogP contribution in [0.4, 0.5) is 0 Å². The van der Waals surface area contributed by atoms with E-state index < -0.39 is 0 Å². The fourth-order valence-electron chi connectivity index (χ4n) is 2.91. The monoisotopic (exact) mass is 389 g/mol. The van der Waals surface area contributed by atoms with Crippen molar-refractivity contribution in [3.63, 3.8) is 0 Å². The van der Waals surface area contributed by atoms with Gasteiger partial charge in [0.1, 0.15) is 10.8 Å². The molecule has 2 heterocycles. The van der Waals surface area contributed by atoms with Crippen molar-refractivity contribution < 1.29 is 14.3 Å². The van der Waals surface area contributed by atoms with Crippen molar-refractivity contribution in [3.05, 3.63) is 45.4 Å². The van der Waals surface area contributed by atoms with Crippen LogP contribution in [0.1, 0.15) is 21.8 Å². The van der Waals surface area contributed by atoms with Gasteiger partial charge in [-0.25, -0.2) is 4.98 Å². The first-order chi connectivity index (χ1) is 13.0. The molecule has 1 aliphatic rings. The van der Waals surface area contributed by atoms with Crippen molar-refractivity contribution in [2.75, 3.05) is 40.0 Å². The van der Waals surface area contributed by atoms with Crippen LogP contribution in [0.25, 0.3) is 0 Å². The number of ether oxygens (including phenoxy) is 2. The van der Waals surface area contributed by atoms with E-state index in [-0.39, 0.29) is 12.5 Å². The standard InChI is InChI=1S/C20H27N3O3S/c1-15-5-4-6-18(16(15)2)26-13-20(24)22(3)11-17-14-27-19(21-17)12-23-7-9-25-10-8-23/h4-6,14H,7-13H2,1-3H3. The van der Waals surface area contributed by atoms with Crippen LogP contribution in [0.2, 0.25) is 0 Å². The first-order valence-corrected chi connectivity index (χ1v) is 10.1. The Hall–Kier alpha value is -1.96. The molecule has 1 aromatic heterocycles. The second kappa shape index (κ2) is 9.30. The molecule has 0 atom stereocenters. The molecule has 0 unspecified atom stereocenters. The van der Waals surface area contributed by atoms with Crippen molar-refractivity contribution in [1.29, 1.82) is 0 Å². The lowest BCUT2D eigenvalue weighted by molar-refractivity contribution is -0.132. The zero-order chi connectivity index (χ0) is 19.2. The Morgan fingerprint density at radius 3 is 2.89 bits per heavy atom. The Kier molecular flexibility index (Phi) is 6.82. The lowest BCUT2D eigenvalue weighted by Crippen LogP contribution is -2.35. The first kappa shape index (κ1) is 19.8. The summed E-state index contributed by atoms with van der Waals surface area (Å²) in [5.74, 6) is 0.705. The lowest BCUT2D eigenvalue weighted by Gasteiger charge is -2.25. The summed E-state index contributed by atoms with van der Waals surface area (Å²) in [4.78, 5) is 21.1. The fraction of sp³-hybridized carbons (Fsp3) is 0.500. The number of nitrogens with zero attached hydrogens (tertiary/aromatic N) is 3. The third-order valence-corrected chi connectivity index (χ3v) is 5.68. The highest BCUT2D eigenvalue weighted by molar-refractivity contribution is 7.09. The normalized spacial score (nSPS) is 14.9. The zero-order valence-corrected chi connectivity index (χ0v) is 17.1. The molecule has 0 spiro atoms. The molecule has 0 radical (unpaired) electrons. The zero-order valence-electron chi connectivity index (χ0n) is 16.2. The molecule has 1 aromatic carbocycles. The van der Waals surface area contributed by atoms with Crippen molar-refractivity contribution in [1.82, 2.24) is 14.8 Å². The molecule has 0 bridgehead atoms. The van der Waals surface area contributed by atoms with E-state index in [2.05, 4.69) is 9.88 Å². The SMILES string of the molecule is Cc1cccc(OCC(=O)N(C)Cc2csc(CN3CCOCC3)n2)c1C. The quantitative estimate of drug-likeness (QED) is 0.729. The molecule has 6 nitrogen and oxygen atoms in total. The largest absolute Gasteiger partial charge is 0.483 e. The number of morpholine rings is 1. The van der Waals surface area contributed by atoms with Gasteiger partial charge in [-0.1, -0.05) is 12.1 Å². The summed E-state index contributed by atoms with van der Waals surface area (Å²) in [6, 6.07) is 5.87. The van der Waals surface area contributed by atoms with Gasteiger partial charge in [-0.05, 0) is 31.0 Å². The van der Waals surface area contributed by atoms with E-state index in [0.717, 1.165) is 60.4 Å². The Morgan fingerprint density at radius 1 is 1.33 bits per heavy atom. The van der Waals surface area contributed by atoms with Gasteiger partial charge in [-0.15, -0.1) is 11.3 Å². The van der Waals surface area contributed by atoms with Crippen LogP contribution in [-0.2, 0) is 22.6 Å². The highest BCUT2D eigenvalue weighted by atomic mass is 32.1. The average Bonchev–Trinajstić information content (AvgIpc) is 3.10. The van der Waals surface area contributed by atoms with E-state index in [1.165, 1.54) is 0 Å². The first-order valence-electron chi connectivity index (χ1n) is 9.19. The maximum atomic E-state index is 12.4. The fourth-order valence-corrected chi connectivity index (χ4v) is 3.73. The number of amides is 1. The summed E-state index contributed by atoms with van der Waals surface area (Å²) in [6.45, 7) is 8.89. The summed E-state index contributed by atoms with van der Waals surface area (Å²) in [6.07, 6.45) is 0. The Balaban J connectivity index is 1.48. The summed E-state index contributed by atoms with van der Waals surface area (Å²) >= 11 is 1.65. The van der Waals surface area contributed by atoms with Gasteiger partial charge in [-0.2, -0.15) is 0 Å². The van der Waals surface area contributed by atoms with Crippen molar-refractivity contribution in [2.24, 2.45) is 0 Å². The third kappa shape index (κ3) is 5.51. The second-order valence-electron chi connectivity index (χ2n) is 6.86. The molecule has 27 heavy (non-hydrogen) atoms. The van der Waals surface area contributed by atoms with Crippen LogP contribution in [0.3, 0.4) is 0 Å². The van der Waals surface area contributed by atoms with E-state index in [1.54, 1.807) is 23.3 Å². The molecule has 1 amide bonds. The Bertz CT molecular complexity index is 772. The summed E-state index contributed by atoms with van der Waals surface area (Å²) in [7, 11) is 1.79. The van der Waals surface area contributed by atoms with Gasteiger partial charge >= 0.3 is 0 Å². The third-order valence-electron chi connectivity index (χ3n) is 4.79. The predicted molar refractivity (Wildman–Crippen MR) is 106 cm³/mol. The number of aryl methyl sites for hydroxylation is 1. The Morgan fingerprint density at radius 2 is 2.11 bits per heavy atom. The summed E-state index contributed by atoms with van der Waals surface area (Å²) in [5, 5.41) is 3.12. The molecular formula is C20H27N3O3S. The van der Waals surface area contributed by atoms with E-state index in [9.17, 15) is 4.79 Å². The molecule has 3 rings (SSSR count). The molecule has 146 valence electrons. The van der Waals surface area contributed by atoms with Gasteiger partial charge in [0.05, 0.1) is 32.0 Å². The topological polar surface area (TPSA) is 54.9 Å². The maximum Gasteiger partial charge on any atom is 0.260 e. The summed E-state index contributed by atoms with van der Waals surface area (Å²) in [5.41, 5.74) is 3.15. The number of likely N-dealkylation sites (N-methyl/N-ethyl adjacent to an activating group) is 1. The maximum absolute atomic E-state index is 12.4. The lowest BCUT2D eigenvalue weighted by atomic mass is 10.1. The molecule has 0 aliphatic carbocycles. The molecule has 1 saturated heterocycles. The highest BCUT2D eigenvalue weighted by Crippen LogP contribution is 2.20. The average molecular weight is 390 g/mol. The minimum atomic E-state index is -0.0568. The number of carbonyl (C=O) groups is 1. The van der Waals surface area contributed by atoms with E-state index >= 15 is 0 Å². The predicted octanol–water partition coefficient (Wildman–Crippen LogP) is 2.63. The minimum absolute atomic E-state index is 0.0333. The second-order valence-corrected chi connectivity index (χ2v) is 7.80. The van der Waals surface area contributed by atoms with Gasteiger partial charge in [0, 0.05) is 25.5 Å². The number of aromatic nitrogens is 1. The molecule has 0 N–H and O–H groups in total. The van der Waals surface area contributed by atoms with E-state index in [0.29, 0.717) is 6.54 Å². The Labute approximate surface area is 164 Å². The van der Waals surface area contributed by atoms with Gasteiger partial charge < -0.3 is 14.4 Å². The van der Waals surface area contributed by atoms with Crippen LogP contribution in [0.15, 0.2) is 23.6 Å². The van der Waals surface area contributed by atoms with E-state index in [1.807, 2.05) is 37.4 Å². The van der Waals surface area contributed by atoms with Crippen LogP contribution in [-0.4, -0.2) is 60.6 Å². The van der Waals surface area contributed by atoms with Gasteiger partial charge in [0.2, 0.25) is 0 Å². The molecule has 1 aliphatic heterocycles. The minimum Gasteiger partial charge on any atom is -0.483 e. The number of benzene rings is 1. The molecule has 7 heteroatoms. The van der Waals surface area contributed by atoms with Crippen molar-refractivity contribution in [3.8, 4) is 5.75 Å². The van der Waals surface area contributed by atoms with Crippen LogP contribution in [0, 0.1) is 13.8 Å². The van der Waals surface area contributed by atoms with Crippen LogP contribution in [0.5, 0.6) is 5.75 Å². The number of carbonyl (C=O) groups excluding carboxylic acids is 1. The summed E-state index contributed by atoms with van der Waals surface area (Å²) < 4.78 is 11.1. The highest BCUT2D eigenvalue weighted by Gasteiger charge is 2.15. The molecule has 0 saturated carbocycles. The number of hydrogen-bond donors (Lipinski definition) is 0. The van der Waals surface area contributed by atoms with Crippen molar-refractivity contribution >= 4 is 17.2 Å². The number of hydrogen-bond acceptors (Lipinski definition) is 6. The van der Waals surface area contributed by atoms with Gasteiger partial charge in [-0.3, -0.25) is 9.69 Å². The van der Waals surface area contributed by atoms with Crippen LogP contribution >= 0.6 is 11.3 Å². The smallest absolute Gasteiger partial charge is 0.260 e. The molecule has 2 aromatic rings. The van der Waals surface area contributed by atoms with Gasteiger partial charge in [0.25, 0.3) is 5.91 Å². The van der Waals surface area contributed by atoms with Gasteiger partial charge in [0.15, 0.2) is 6.61 Å². The van der Waals surface area contributed by atoms with Crippen LogP contribution < -0.4 is 4.74 Å². The van der Waals surface area contributed by atoms with Crippen molar-refractivity contribution in [2.45, 2.75) is 26.9 Å². The molecule has 1 fully saturated rings. The number of thiazole rings is 1.